The number of hydrogen-bond acceptors (Lipinski definition) is 2. The van der Waals surface area contributed by atoms with E-state index in [0.29, 0.717) is 5.54 Å². The highest BCUT2D eigenvalue weighted by molar-refractivity contribution is 5.03. The minimum atomic E-state index is 0.314. The van der Waals surface area contributed by atoms with E-state index >= 15 is 0 Å². The molecule has 0 aromatic carbocycles. The molecule has 4 atom stereocenters. The minimum absolute atomic E-state index is 0.314. The Morgan fingerprint density at radius 1 is 1.24 bits per heavy atom. The normalized spacial score (nSPS) is 44.1. The molecule has 4 unspecified atom stereocenters. The lowest BCUT2D eigenvalue weighted by Gasteiger charge is -2.52. The Morgan fingerprint density at radius 3 is 2.65 bits per heavy atom. The van der Waals surface area contributed by atoms with Gasteiger partial charge in [0.15, 0.2) is 0 Å². The largest absolute Gasteiger partial charge is 0.329 e. The average Bonchev–Trinajstić information content (AvgIpc) is 2.81. The second kappa shape index (κ2) is 5.27. The van der Waals surface area contributed by atoms with Crippen molar-refractivity contribution in [1.29, 1.82) is 0 Å². The van der Waals surface area contributed by atoms with Gasteiger partial charge in [-0.25, -0.2) is 0 Å². The van der Waals surface area contributed by atoms with Crippen molar-refractivity contribution in [3.63, 3.8) is 0 Å². The van der Waals surface area contributed by atoms with Gasteiger partial charge in [-0.15, -0.1) is 0 Å². The van der Waals surface area contributed by atoms with Gasteiger partial charge in [0, 0.05) is 18.1 Å². The van der Waals surface area contributed by atoms with E-state index in [1.165, 1.54) is 45.1 Å². The summed E-state index contributed by atoms with van der Waals surface area (Å²) in [7, 11) is 0. The summed E-state index contributed by atoms with van der Waals surface area (Å²) >= 11 is 0. The van der Waals surface area contributed by atoms with Crippen molar-refractivity contribution in [2.45, 2.75) is 70.9 Å². The van der Waals surface area contributed by atoms with Crippen LogP contribution in [0.5, 0.6) is 0 Å². The molecule has 1 saturated heterocycles. The molecule has 2 rings (SSSR count). The second-order valence-electron chi connectivity index (χ2n) is 6.49. The van der Waals surface area contributed by atoms with Crippen LogP contribution in [0.25, 0.3) is 0 Å². The lowest BCUT2D eigenvalue weighted by Crippen LogP contribution is -2.61. The standard InChI is InChI=1S/C15H30N2/c1-4-14-6-5-9-17(14)15(11-16)10-12(2)7-8-13(15)3/h12-14H,4-11,16H2,1-3H3. The summed E-state index contributed by atoms with van der Waals surface area (Å²) in [6, 6.07) is 0.797. The molecule has 17 heavy (non-hydrogen) atoms. The Hall–Kier alpha value is -0.0800. The molecule has 0 spiro atoms. The lowest BCUT2D eigenvalue weighted by molar-refractivity contribution is -0.0134. The van der Waals surface area contributed by atoms with Crippen LogP contribution in [0.3, 0.4) is 0 Å². The van der Waals surface area contributed by atoms with Crippen LogP contribution >= 0.6 is 0 Å². The molecular weight excluding hydrogens is 208 g/mol. The Morgan fingerprint density at radius 2 is 2.00 bits per heavy atom. The molecule has 2 N–H and O–H groups in total. The van der Waals surface area contributed by atoms with Crippen LogP contribution < -0.4 is 5.73 Å². The first kappa shape index (κ1) is 13.4. The smallest absolute Gasteiger partial charge is 0.0362 e. The van der Waals surface area contributed by atoms with E-state index < -0.39 is 0 Å². The number of nitrogens with two attached hydrogens (primary N) is 1. The van der Waals surface area contributed by atoms with Gasteiger partial charge >= 0.3 is 0 Å². The van der Waals surface area contributed by atoms with Gasteiger partial charge in [-0.1, -0.05) is 27.2 Å². The third kappa shape index (κ3) is 2.26. The quantitative estimate of drug-likeness (QED) is 0.819. The van der Waals surface area contributed by atoms with E-state index in [-0.39, 0.29) is 0 Å². The molecule has 0 radical (unpaired) electrons. The molecule has 2 nitrogen and oxygen atoms in total. The molecule has 2 fully saturated rings. The number of rotatable bonds is 3. The SMILES string of the molecule is CCC1CCCN1C1(CN)CC(C)CCC1C. The van der Waals surface area contributed by atoms with Crippen LogP contribution in [-0.4, -0.2) is 29.6 Å². The molecule has 1 aliphatic carbocycles. The van der Waals surface area contributed by atoms with Crippen molar-refractivity contribution >= 4 is 0 Å². The summed E-state index contributed by atoms with van der Waals surface area (Å²) in [5, 5.41) is 0. The van der Waals surface area contributed by atoms with Gasteiger partial charge in [0.2, 0.25) is 0 Å². The van der Waals surface area contributed by atoms with Crippen molar-refractivity contribution in [2.75, 3.05) is 13.1 Å². The van der Waals surface area contributed by atoms with E-state index in [4.69, 9.17) is 5.73 Å². The fourth-order valence-corrected chi connectivity index (χ4v) is 4.36. The molecule has 0 aromatic heterocycles. The predicted molar refractivity (Wildman–Crippen MR) is 74.0 cm³/mol. The van der Waals surface area contributed by atoms with Crippen molar-refractivity contribution < 1.29 is 0 Å². The maximum absolute atomic E-state index is 6.25. The second-order valence-corrected chi connectivity index (χ2v) is 6.49. The van der Waals surface area contributed by atoms with E-state index in [2.05, 4.69) is 25.7 Å². The number of likely N-dealkylation sites (tertiary alicyclic amines) is 1. The summed E-state index contributed by atoms with van der Waals surface area (Å²) < 4.78 is 0. The number of nitrogens with zero attached hydrogens (tertiary/aromatic N) is 1. The molecule has 1 saturated carbocycles. The Balaban J connectivity index is 2.22. The summed E-state index contributed by atoms with van der Waals surface area (Å²) in [5.41, 5.74) is 6.56. The van der Waals surface area contributed by atoms with Crippen LogP contribution in [0.4, 0.5) is 0 Å². The third-order valence-electron chi connectivity index (χ3n) is 5.49. The number of hydrogen-bond donors (Lipinski definition) is 1. The lowest BCUT2D eigenvalue weighted by atomic mass is 9.68. The summed E-state index contributed by atoms with van der Waals surface area (Å²) in [4.78, 5) is 2.80. The van der Waals surface area contributed by atoms with Gasteiger partial charge in [0.05, 0.1) is 0 Å². The van der Waals surface area contributed by atoms with Crippen LogP contribution in [-0.2, 0) is 0 Å². The molecule has 2 aliphatic rings. The first-order valence-corrected chi connectivity index (χ1v) is 7.61. The Bertz CT molecular complexity index is 253. The van der Waals surface area contributed by atoms with E-state index in [0.717, 1.165) is 24.4 Å². The fourth-order valence-electron chi connectivity index (χ4n) is 4.36. The fraction of sp³-hybridized carbons (Fsp3) is 1.00. The van der Waals surface area contributed by atoms with Gasteiger partial charge in [-0.05, 0) is 50.5 Å². The maximum Gasteiger partial charge on any atom is 0.0362 e. The average molecular weight is 238 g/mol. The Labute approximate surface area is 107 Å². The minimum Gasteiger partial charge on any atom is -0.329 e. The van der Waals surface area contributed by atoms with Gasteiger partial charge in [0.25, 0.3) is 0 Å². The molecule has 100 valence electrons. The molecule has 0 bridgehead atoms. The van der Waals surface area contributed by atoms with Crippen molar-refractivity contribution in [3.8, 4) is 0 Å². The predicted octanol–water partition coefficient (Wildman–Crippen LogP) is 3.01. The highest BCUT2D eigenvalue weighted by atomic mass is 15.3. The van der Waals surface area contributed by atoms with Crippen molar-refractivity contribution in [3.05, 3.63) is 0 Å². The third-order valence-corrected chi connectivity index (χ3v) is 5.49. The molecule has 0 aromatic rings. The zero-order valence-electron chi connectivity index (χ0n) is 11.9. The van der Waals surface area contributed by atoms with E-state index in [1.807, 2.05) is 0 Å². The maximum atomic E-state index is 6.25. The topological polar surface area (TPSA) is 29.3 Å². The summed E-state index contributed by atoms with van der Waals surface area (Å²) in [6.45, 7) is 9.32. The first-order chi connectivity index (χ1) is 8.14. The van der Waals surface area contributed by atoms with Crippen molar-refractivity contribution in [2.24, 2.45) is 17.6 Å². The monoisotopic (exact) mass is 238 g/mol. The van der Waals surface area contributed by atoms with Gasteiger partial charge in [-0.2, -0.15) is 0 Å². The summed E-state index contributed by atoms with van der Waals surface area (Å²) in [6.07, 6.45) is 8.14. The van der Waals surface area contributed by atoms with Crippen LogP contribution in [0, 0.1) is 11.8 Å². The van der Waals surface area contributed by atoms with E-state index in [9.17, 15) is 0 Å². The molecule has 0 amide bonds. The molecule has 1 heterocycles. The molecule has 2 heteroatoms. The van der Waals surface area contributed by atoms with Crippen LogP contribution in [0.2, 0.25) is 0 Å². The Kier molecular flexibility index (Phi) is 4.14. The molecule has 1 aliphatic heterocycles. The van der Waals surface area contributed by atoms with Crippen LogP contribution in [0.1, 0.15) is 59.3 Å². The highest BCUT2D eigenvalue weighted by Crippen LogP contribution is 2.43. The highest BCUT2D eigenvalue weighted by Gasteiger charge is 2.47. The first-order valence-electron chi connectivity index (χ1n) is 7.61. The summed E-state index contributed by atoms with van der Waals surface area (Å²) in [5.74, 6) is 1.63. The van der Waals surface area contributed by atoms with Gasteiger partial charge in [-0.3, -0.25) is 4.90 Å². The zero-order chi connectivity index (χ0) is 12.5. The van der Waals surface area contributed by atoms with Gasteiger partial charge in [0.1, 0.15) is 0 Å². The molecular formula is C15H30N2. The van der Waals surface area contributed by atoms with Crippen LogP contribution in [0.15, 0.2) is 0 Å². The van der Waals surface area contributed by atoms with E-state index in [1.54, 1.807) is 0 Å². The zero-order valence-corrected chi connectivity index (χ0v) is 11.9. The van der Waals surface area contributed by atoms with Crippen molar-refractivity contribution in [1.82, 2.24) is 4.90 Å². The van der Waals surface area contributed by atoms with Gasteiger partial charge < -0.3 is 5.73 Å².